The molecule has 3 nitrogen and oxygen atoms in total. The van der Waals surface area contributed by atoms with E-state index in [1.807, 2.05) is 79.0 Å². The van der Waals surface area contributed by atoms with Crippen molar-refractivity contribution >= 4 is 40.1 Å². The van der Waals surface area contributed by atoms with Crippen molar-refractivity contribution in [3.8, 4) is 11.1 Å². The number of para-hydroxylation sites is 2. The molecular weight excluding hydrogens is 423 g/mol. The Labute approximate surface area is 193 Å². The van der Waals surface area contributed by atoms with Crippen molar-refractivity contribution in [3.63, 3.8) is 0 Å². The third kappa shape index (κ3) is 3.13. The van der Waals surface area contributed by atoms with Crippen LogP contribution in [-0.2, 0) is 4.57 Å². The minimum absolute atomic E-state index is 0.858. The van der Waals surface area contributed by atoms with Crippen LogP contribution in [-0.4, -0.2) is 4.98 Å². The second-order valence-electron chi connectivity index (χ2n) is 8.05. The molecule has 1 aliphatic heterocycles. The van der Waals surface area contributed by atoms with Crippen LogP contribution in [0.4, 0.5) is 17.1 Å². The van der Waals surface area contributed by atoms with Crippen molar-refractivity contribution in [2.24, 2.45) is 0 Å². The van der Waals surface area contributed by atoms with E-state index < -0.39 is 7.14 Å². The third-order valence-corrected chi connectivity index (χ3v) is 9.30. The van der Waals surface area contributed by atoms with E-state index in [0.29, 0.717) is 0 Å². The van der Waals surface area contributed by atoms with Crippen molar-refractivity contribution in [2.75, 3.05) is 4.90 Å². The van der Waals surface area contributed by atoms with Gasteiger partial charge in [-0.3, -0.25) is 4.98 Å². The predicted molar refractivity (Wildman–Crippen MR) is 137 cm³/mol. The highest BCUT2D eigenvalue weighted by Gasteiger charge is 2.40. The monoisotopic (exact) mass is 444 g/mol. The second kappa shape index (κ2) is 7.88. The first-order valence-corrected chi connectivity index (χ1v) is 12.6. The van der Waals surface area contributed by atoms with Gasteiger partial charge in [0.2, 0.25) is 0 Å². The molecule has 0 atom stereocenters. The molecule has 5 aromatic rings. The normalized spacial score (nSPS) is 13.8. The topological polar surface area (TPSA) is 33.2 Å². The Morgan fingerprint density at radius 3 is 1.79 bits per heavy atom. The largest absolute Gasteiger partial charge is 0.309 e. The zero-order chi connectivity index (χ0) is 22.3. The molecule has 0 N–H and O–H groups in total. The molecule has 0 spiro atoms. The molecule has 0 bridgehead atoms. The van der Waals surface area contributed by atoms with Gasteiger partial charge in [-0.2, -0.15) is 0 Å². The van der Waals surface area contributed by atoms with E-state index in [4.69, 9.17) is 0 Å². The summed E-state index contributed by atoms with van der Waals surface area (Å²) in [7, 11) is -3.01. The Morgan fingerprint density at radius 1 is 0.576 bits per heavy atom. The van der Waals surface area contributed by atoms with E-state index >= 15 is 0 Å². The number of hydrogen-bond acceptors (Lipinski definition) is 3. The zero-order valence-electron chi connectivity index (χ0n) is 17.9. The summed E-state index contributed by atoms with van der Waals surface area (Å²) < 4.78 is 14.9. The molecule has 158 valence electrons. The molecule has 1 aliphatic rings. The minimum Gasteiger partial charge on any atom is -0.309 e. The molecule has 4 aromatic carbocycles. The molecule has 33 heavy (non-hydrogen) atoms. The first-order valence-electron chi connectivity index (χ1n) is 10.9. The van der Waals surface area contributed by atoms with Crippen LogP contribution in [0.1, 0.15) is 0 Å². The highest BCUT2D eigenvalue weighted by molar-refractivity contribution is 7.86. The van der Waals surface area contributed by atoms with E-state index in [1.54, 1.807) is 6.20 Å². The first-order chi connectivity index (χ1) is 16.3. The SMILES string of the molecule is O=P1(c2ccccc2)c2ccccc2N(c2ccc(-c3cccnc3)cc2)c2ccccc21. The van der Waals surface area contributed by atoms with Crippen LogP contribution in [0.15, 0.2) is 128 Å². The molecule has 0 unspecified atom stereocenters. The minimum atomic E-state index is -3.01. The van der Waals surface area contributed by atoms with E-state index in [1.165, 1.54) is 0 Å². The number of anilines is 3. The molecular formula is C29H21N2OP. The van der Waals surface area contributed by atoms with Crippen molar-refractivity contribution in [1.29, 1.82) is 0 Å². The summed E-state index contributed by atoms with van der Waals surface area (Å²) in [6.07, 6.45) is 3.65. The van der Waals surface area contributed by atoms with Gasteiger partial charge in [0.15, 0.2) is 7.14 Å². The first kappa shape index (κ1) is 19.7. The van der Waals surface area contributed by atoms with E-state index in [0.717, 1.165) is 44.1 Å². The number of nitrogens with zero attached hydrogens (tertiary/aromatic N) is 2. The average Bonchev–Trinajstić information content (AvgIpc) is 2.90. The van der Waals surface area contributed by atoms with Gasteiger partial charge in [-0.1, -0.05) is 72.8 Å². The fourth-order valence-electron chi connectivity index (χ4n) is 4.63. The molecule has 0 amide bonds. The van der Waals surface area contributed by atoms with Crippen LogP contribution in [0.2, 0.25) is 0 Å². The van der Waals surface area contributed by atoms with E-state index in [2.05, 4.69) is 52.3 Å². The smallest absolute Gasteiger partial charge is 0.175 e. The molecule has 6 rings (SSSR count). The number of aromatic nitrogens is 1. The fraction of sp³-hybridized carbons (Fsp3) is 0. The van der Waals surface area contributed by atoms with E-state index in [-0.39, 0.29) is 0 Å². The lowest BCUT2D eigenvalue weighted by Crippen LogP contribution is -2.36. The Balaban J connectivity index is 1.56. The van der Waals surface area contributed by atoms with Gasteiger partial charge in [0.1, 0.15) is 0 Å². The molecule has 0 fully saturated rings. The number of pyridine rings is 1. The number of rotatable bonds is 3. The van der Waals surface area contributed by atoms with Gasteiger partial charge in [-0.15, -0.1) is 0 Å². The van der Waals surface area contributed by atoms with Gasteiger partial charge < -0.3 is 9.46 Å². The van der Waals surface area contributed by atoms with Crippen LogP contribution < -0.4 is 20.8 Å². The molecule has 0 radical (unpaired) electrons. The van der Waals surface area contributed by atoms with Gasteiger partial charge in [-0.05, 0) is 53.6 Å². The standard InChI is InChI=1S/C29H21N2OP/c32-33(25-10-2-1-3-11-25)28-14-6-4-12-26(28)31(27-13-5-7-15-29(27)33)24-18-16-22(17-19-24)23-9-8-20-30-21-23/h1-21H. The van der Waals surface area contributed by atoms with Gasteiger partial charge >= 0.3 is 0 Å². The van der Waals surface area contributed by atoms with Gasteiger partial charge in [0.05, 0.1) is 11.4 Å². The van der Waals surface area contributed by atoms with Crippen LogP contribution in [0.25, 0.3) is 11.1 Å². The Hall–Kier alpha value is -3.94. The van der Waals surface area contributed by atoms with Crippen LogP contribution in [0.3, 0.4) is 0 Å². The summed E-state index contributed by atoms with van der Waals surface area (Å²) in [5.41, 5.74) is 5.13. The molecule has 0 saturated carbocycles. The summed E-state index contributed by atoms with van der Waals surface area (Å²) in [5.74, 6) is 0. The Bertz CT molecular complexity index is 1430. The maximum absolute atomic E-state index is 14.9. The number of benzene rings is 4. The second-order valence-corrected chi connectivity index (χ2v) is 10.7. The van der Waals surface area contributed by atoms with Crippen LogP contribution in [0.5, 0.6) is 0 Å². The predicted octanol–water partition coefficient (Wildman–Crippen LogP) is 6.17. The number of fused-ring (bicyclic) bond motifs is 2. The van der Waals surface area contributed by atoms with E-state index in [9.17, 15) is 4.57 Å². The van der Waals surface area contributed by atoms with Crippen molar-refractivity contribution < 1.29 is 4.57 Å². The lowest BCUT2D eigenvalue weighted by atomic mass is 10.1. The molecule has 0 saturated heterocycles. The number of hydrogen-bond donors (Lipinski definition) is 0. The highest BCUT2D eigenvalue weighted by Crippen LogP contribution is 2.53. The van der Waals surface area contributed by atoms with Crippen LogP contribution >= 0.6 is 7.14 Å². The molecule has 4 heteroatoms. The summed E-state index contributed by atoms with van der Waals surface area (Å²) >= 11 is 0. The lowest BCUT2D eigenvalue weighted by molar-refractivity contribution is 0.592. The van der Waals surface area contributed by atoms with Crippen molar-refractivity contribution in [2.45, 2.75) is 0 Å². The molecule has 2 heterocycles. The summed E-state index contributed by atoms with van der Waals surface area (Å²) in [5, 5.41) is 2.59. The zero-order valence-corrected chi connectivity index (χ0v) is 18.8. The maximum Gasteiger partial charge on any atom is 0.175 e. The summed E-state index contributed by atoms with van der Waals surface area (Å²) in [6, 6.07) is 38.5. The van der Waals surface area contributed by atoms with Crippen molar-refractivity contribution in [1.82, 2.24) is 4.98 Å². The summed E-state index contributed by atoms with van der Waals surface area (Å²) in [6.45, 7) is 0. The fourth-order valence-corrected chi connectivity index (χ4v) is 7.62. The maximum atomic E-state index is 14.9. The summed E-state index contributed by atoms with van der Waals surface area (Å²) in [4.78, 5) is 6.46. The van der Waals surface area contributed by atoms with Gasteiger partial charge in [0, 0.05) is 34.0 Å². The quantitative estimate of drug-likeness (QED) is 0.306. The highest BCUT2D eigenvalue weighted by atomic mass is 31.2. The van der Waals surface area contributed by atoms with Gasteiger partial charge in [-0.25, -0.2) is 0 Å². The lowest BCUT2D eigenvalue weighted by Gasteiger charge is -2.37. The third-order valence-electron chi connectivity index (χ3n) is 6.16. The van der Waals surface area contributed by atoms with Crippen molar-refractivity contribution in [3.05, 3.63) is 128 Å². The Morgan fingerprint density at radius 2 is 1.18 bits per heavy atom. The van der Waals surface area contributed by atoms with Gasteiger partial charge in [0.25, 0.3) is 0 Å². The average molecular weight is 444 g/mol. The Kier molecular flexibility index (Phi) is 4.71. The molecule has 1 aromatic heterocycles. The van der Waals surface area contributed by atoms with Crippen LogP contribution in [0, 0.1) is 0 Å². The molecule has 0 aliphatic carbocycles.